The van der Waals surface area contributed by atoms with Gasteiger partial charge in [0.05, 0.1) is 17.1 Å². The molecule has 3 amide bonds. The van der Waals surface area contributed by atoms with Gasteiger partial charge in [-0.15, -0.1) is 11.3 Å². The minimum atomic E-state index is -3.67. The standard InChI is InChI=1S/C28H38N4O6S2/c1-4-15-31-17-14-22-23(18-31)39-27(24(22)26(34)30-28(35)38-6-3)29-25(33)19-10-12-21(13-11-19)40(36,37)32-16-8-7-9-20(32)5-2/h10-13,20H,4-9,14-18H2,1-3H3,(H,29,33)(H,30,34,35). The number of alkyl carbamates (subject to hydrolysis) is 1. The molecule has 1 unspecified atom stereocenters. The van der Waals surface area contributed by atoms with E-state index in [1.807, 2.05) is 6.92 Å². The number of carbonyl (C=O) groups is 3. The lowest BCUT2D eigenvalue weighted by molar-refractivity contribution is 0.0924. The van der Waals surface area contributed by atoms with Crippen LogP contribution in [0.15, 0.2) is 29.2 Å². The molecular weight excluding hydrogens is 552 g/mol. The lowest BCUT2D eigenvalue weighted by atomic mass is 10.0. The first kappa shape index (κ1) is 30.2. The van der Waals surface area contributed by atoms with Gasteiger partial charge in [0.2, 0.25) is 10.0 Å². The summed E-state index contributed by atoms with van der Waals surface area (Å²) in [7, 11) is -3.67. The molecule has 10 nitrogen and oxygen atoms in total. The van der Waals surface area contributed by atoms with Crippen LogP contribution in [0.1, 0.15) is 84.0 Å². The SMILES string of the molecule is CCCN1CCc2c(sc(NC(=O)c3ccc(S(=O)(=O)N4CCCCC4CC)cc3)c2C(=O)NC(=O)OCC)C1. The van der Waals surface area contributed by atoms with Gasteiger partial charge >= 0.3 is 6.09 Å². The van der Waals surface area contributed by atoms with Crippen LogP contribution in [0.3, 0.4) is 0 Å². The second-order valence-corrected chi connectivity index (χ2v) is 13.1. The number of carbonyl (C=O) groups excluding carboxylic acids is 3. The van der Waals surface area contributed by atoms with Crippen LogP contribution in [0.5, 0.6) is 0 Å². The summed E-state index contributed by atoms with van der Waals surface area (Å²) in [5.74, 6) is -1.09. The van der Waals surface area contributed by atoms with Crippen LogP contribution in [-0.2, 0) is 27.7 Å². The van der Waals surface area contributed by atoms with E-state index < -0.39 is 27.9 Å². The second kappa shape index (κ2) is 13.2. The van der Waals surface area contributed by atoms with E-state index in [4.69, 9.17) is 4.74 Å². The number of hydrogen-bond donors (Lipinski definition) is 2. The third-order valence-corrected chi connectivity index (χ3v) is 10.5. The average molecular weight is 591 g/mol. The maximum Gasteiger partial charge on any atom is 0.414 e. The highest BCUT2D eigenvalue weighted by atomic mass is 32.2. The number of benzene rings is 1. The molecule has 3 heterocycles. The van der Waals surface area contributed by atoms with Gasteiger partial charge in [0.1, 0.15) is 5.00 Å². The van der Waals surface area contributed by atoms with Gasteiger partial charge in [-0.25, -0.2) is 13.2 Å². The van der Waals surface area contributed by atoms with E-state index in [1.165, 1.54) is 35.6 Å². The van der Waals surface area contributed by atoms with Gasteiger partial charge in [-0.3, -0.25) is 19.8 Å². The van der Waals surface area contributed by atoms with E-state index in [2.05, 4.69) is 22.5 Å². The summed E-state index contributed by atoms with van der Waals surface area (Å²) in [6.45, 7) is 8.74. The monoisotopic (exact) mass is 590 g/mol. The number of nitrogens with zero attached hydrogens (tertiary/aromatic N) is 2. The fraction of sp³-hybridized carbons (Fsp3) is 0.536. The number of sulfonamides is 1. The van der Waals surface area contributed by atoms with Crippen molar-refractivity contribution in [2.45, 2.75) is 76.8 Å². The molecule has 2 aliphatic rings. The Kier molecular flexibility index (Phi) is 9.99. The number of imide groups is 1. The predicted molar refractivity (Wildman–Crippen MR) is 154 cm³/mol. The van der Waals surface area contributed by atoms with Crippen molar-refractivity contribution in [3.8, 4) is 0 Å². The topological polar surface area (TPSA) is 125 Å². The Morgan fingerprint density at radius 3 is 2.48 bits per heavy atom. The number of fused-ring (bicyclic) bond motifs is 1. The number of ether oxygens (including phenoxy) is 1. The summed E-state index contributed by atoms with van der Waals surface area (Å²) in [5, 5.41) is 5.45. The van der Waals surface area contributed by atoms with Crippen LogP contribution >= 0.6 is 11.3 Å². The molecule has 2 aromatic rings. The van der Waals surface area contributed by atoms with E-state index in [0.717, 1.165) is 55.6 Å². The van der Waals surface area contributed by atoms with E-state index in [-0.39, 0.29) is 28.7 Å². The summed E-state index contributed by atoms with van der Waals surface area (Å²) in [4.78, 5) is 41.8. The van der Waals surface area contributed by atoms with E-state index >= 15 is 0 Å². The van der Waals surface area contributed by atoms with Gasteiger partial charge in [-0.2, -0.15) is 4.31 Å². The van der Waals surface area contributed by atoms with Gasteiger partial charge in [0, 0.05) is 36.1 Å². The molecule has 2 aliphatic heterocycles. The molecule has 1 aromatic heterocycles. The highest BCUT2D eigenvalue weighted by molar-refractivity contribution is 7.89. The van der Waals surface area contributed by atoms with Crippen molar-refractivity contribution in [3.05, 3.63) is 45.8 Å². The lowest BCUT2D eigenvalue weighted by Gasteiger charge is -2.34. The van der Waals surface area contributed by atoms with Crippen LogP contribution in [0, 0.1) is 0 Å². The number of thiophene rings is 1. The molecule has 40 heavy (non-hydrogen) atoms. The number of piperidine rings is 1. The van der Waals surface area contributed by atoms with E-state index in [0.29, 0.717) is 24.5 Å². The largest absolute Gasteiger partial charge is 0.450 e. The van der Waals surface area contributed by atoms with Crippen molar-refractivity contribution in [3.63, 3.8) is 0 Å². The van der Waals surface area contributed by atoms with Gasteiger partial charge in [-0.05, 0) is 75.4 Å². The van der Waals surface area contributed by atoms with Crippen molar-refractivity contribution >= 4 is 44.3 Å². The maximum atomic E-state index is 13.3. The summed E-state index contributed by atoms with van der Waals surface area (Å²) < 4.78 is 33.1. The molecule has 1 atom stereocenters. The molecule has 1 fully saturated rings. The first-order valence-corrected chi connectivity index (χ1v) is 16.2. The van der Waals surface area contributed by atoms with Gasteiger partial charge < -0.3 is 10.1 Å². The zero-order chi connectivity index (χ0) is 28.9. The van der Waals surface area contributed by atoms with Crippen LogP contribution in [-0.4, -0.2) is 67.8 Å². The van der Waals surface area contributed by atoms with E-state index in [1.54, 1.807) is 11.2 Å². The quantitative estimate of drug-likeness (QED) is 0.437. The number of hydrogen-bond acceptors (Lipinski definition) is 8. The molecule has 4 rings (SSSR count). The van der Waals surface area contributed by atoms with Crippen molar-refractivity contribution in [2.24, 2.45) is 0 Å². The molecule has 0 aliphatic carbocycles. The summed E-state index contributed by atoms with van der Waals surface area (Å²) >= 11 is 1.32. The molecule has 1 saturated heterocycles. The molecule has 0 bridgehead atoms. The second-order valence-electron chi connectivity index (χ2n) is 10.1. The summed E-state index contributed by atoms with van der Waals surface area (Å²) in [6.07, 6.45) is 4.24. The Hall–Kier alpha value is -2.80. The number of amides is 3. The smallest absolute Gasteiger partial charge is 0.414 e. The minimum absolute atomic E-state index is 0.0148. The molecule has 12 heteroatoms. The molecule has 218 valence electrons. The van der Waals surface area contributed by atoms with Crippen LogP contribution in [0.4, 0.5) is 9.80 Å². The zero-order valence-electron chi connectivity index (χ0n) is 23.3. The Balaban J connectivity index is 1.56. The molecule has 0 spiro atoms. The highest BCUT2D eigenvalue weighted by Crippen LogP contribution is 2.37. The Bertz CT molecular complexity index is 1340. The summed E-state index contributed by atoms with van der Waals surface area (Å²) in [5.41, 5.74) is 1.36. The zero-order valence-corrected chi connectivity index (χ0v) is 25.0. The lowest BCUT2D eigenvalue weighted by Crippen LogP contribution is -2.43. The summed E-state index contributed by atoms with van der Waals surface area (Å²) in [6, 6.07) is 5.88. The molecular formula is C28H38N4O6S2. The Labute approximate surface area is 240 Å². The maximum absolute atomic E-state index is 13.3. The van der Waals surface area contributed by atoms with Gasteiger partial charge in [0.25, 0.3) is 11.8 Å². The molecule has 0 radical (unpaired) electrons. The van der Waals surface area contributed by atoms with E-state index in [9.17, 15) is 22.8 Å². The van der Waals surface area contributed by atoms with Crippen molar-refractivity contribution in [1.82, 2.24) is 14.5 Å². The van der Waals surface area contributed by atoms with Crippen LogP contribution < -0.4 is 10.6 Å². The highest BCUT2D eigenvalue weighted by Gasteiger charge is 2.33. The average Bonchev–Trinajstić information content (AvgIpc) is 3.30. The normalized spacial score (nSPS) is 18.1. The van der Waals surface area contributed by atoms with Crippen molar-refractivity contribution < 1.29 is 27.5 Å². The van der Waals surface area contributed by atoms with Crippen molar-refractivity contribution in [1.29, 1.82) is 0 Å². The fourth-order valence-electron chi connectivity index (χ4n) is 5.40. The molecule has 1 aromatic carbocycles. The predicted octanol–water partition coefficient (Wildman–Crippen LogP) is 4.61. The first-order valence-electron chi connectivity index (χ1n) is 14.0. The third kappa shape index (κ3) is 6.56. The molecule has 2 N–H and O–H groups in total. The number of rotatable bonds is 9. The number of nitrogens with one attached hydrogen (secondary N) is 2. The first-order chi connectivity index (χ1) is 19.2. The molecule has 0 saturated carbocycles. The number of anilines is 1. The van der Waals surface area contributed by atoms with Gasteiger partial charge in [0.15, 0.2) is 0 Å². The third-order valence-electron chi connectivity index (χ3n) is 7.39. The van der Waals surface area contributed by atoms with Crippen molar-refractivity contribution in [2.75, 3.05) is 31.6 Å². The van der Waals surface area contributed by atoms with Crippen LogP contribution in [0.2, 0.25) is 0 Å². The Morgan fingerprint density at radius 1 is 1.05 bits per heavy atom. The minimum Gasteiger partial charge on any atom is -0.450 e. The fourth-order valence-corrected chi connectivity index (χ4v) is 8.45. The van der Waals surface area contributed by atoms with Gasteiger partial charge in [-0.1, -0.05) is 20.3 Å². The van der Waals surface area contributed by atoms with Crippen LogP contribution in [0.25, 0.3) is 0 Å². The Morgan fingerprint density at radius 2 is 1.80 bits per heavy atom.